The van der Waals surface area contributed by atoms with E-state index in [4.69, 9.17) is 6.42 Å². The van der Waals surface area contributed by atoms with Gasteiger partial charge in [0.1, 0.15) is 5.75 Å². The van der Waals surface area contributed by atoms with Gasteiger partial charge in [-0.15, -0.1) is 17.8 Å². The summed E-state index contributed by atoms with van der Waals surface area (Å²) in [7, 11) is 0. The van der Waals surface area contributed by atoms with Crippen LogP contribution in [0.25, 0.3) is 0 Å². The lowest BCUT2D eigenvalue weighted by Crippen LogP contribution is -2.23. The first-order valence-electron chi connectivity index (χ1n) is 4.70. The number of aromatic hydroxyl groups is 1. The third kappa shape index (κ3) is 1.69. The van der Waals surface area contributed by atoms with E-state index in [1.165, 1.54) is 23.5 Å². The maximum Gasteiger partial charge on any atom is 0.185 e. The quantitative estimate of drug-likeness (QED) is 0.777. The zero-order chi connectivity index (χ0) is 11.6. The molecule has 1 aromatic carbocycles. The fourth-order valence-corrected chi connectivity index (χ4v) is 2.29. The monoisotopic (exact) mass is 230 g/mol. The van der Waals surface area contributed by atoms with Gasteiger partial charge in [-0.3, -0.25) is 0 Å². The lowest BCUT2D eigenvalue weighted by Gasteiger charge is -2.21. The molecular formula is C13H10O2S. The SMILES string of the molecule is C#CC(O)(c1ccc(O)cc1)c1cccs1. The Kier molecular flexibility index (Phi) is 2.69. The Balaban J connectivity index is 2.51. The third-order valence-corrected chi connectivity index (χ3v) is 3.35. The maximum absolute atomic E-state index is 10.4. The van der Waals surface area contributed by atoms with Gasteiger partial charge >= 0.3 is 0 Å². The number of thiophene rings is 1. The van der Waals surface area contributed by atoms with Gasteiger partial charge in [0.05, 0.1) is 4.88 Å². The highest BCUT2D eigenvalue weighted by Crippen LogP contribution is 2.32. The van der Waals surface area contributed by atoms with Crippen molar-refractivity contribution in [3.05, 3.63) is 52.2 Å². The van der Waals surface area contributed by atoms with Gasteiger partial charge in [0.15, 0.2) is 5.60 Å². The molecule has 80 valence electrons. The summed E-state index contributed by atoms with van der Waals surface area (Å²) >= 11 is 1.40. The Morgan fingerprint density at radius 3 is 2.38 bits per heavy atom. The molecule has 0 spiro atoms. The van der Waals surface area contributed by atoms with Crippen LogP contribution in [0.1, 0.15) is 10.4 Å². The number of benzene rings is 1. The van der Waals surface area contributed by atoms with Crippen LogP contribution >= 0.6 is 11.3 Å². The van der Waals surface area contributed by atoms with Crippen molar-refractivity contribution in [3.8, 4) is 18.1 Å². The number of rotatable bonds is 2. The van der Waals surface area contributed by atoms with Gasteiger partial charge in [0, 0.05) is 5.56 Å². The highest BCUT2D eigenvalue weighted by molar-refractivity contribution is 7.10. The van der Waals surface area contributed by atoms with E-state index in [2.05, 4.69) is 5.92 Å². The van der Waals surface area contributed by atoms with E-state index < -0.39 is 5.60 Å². The Morgan fingerprint density at radius 1 is 1.19 bits per heavy atom. The molecule has 1 heterocycles. The van der Waals surface area contributed by atoms with Crippen LogP contribution in [0.15, 0.2) is 41.8 Å². The topological polar surface area (TPSA) is 40.5 Å². The van der Waals surface area contributed by atoms with Crippen molar-refractivity contribution in [3.63, 3.8) is 0 Å². The third-order valence-electron chi connectivity index (χ3n) is 2.37. The van der Waals surface area contributed by atoms with Gasteiger partial charge in [-0.2, -0.15) is 0 Å². The summed E-state index contributed by atoms with van der Waals surface area (Å²) in [6, 6.07) is 9.88. The van der Waals surface area contributed by atoms with Gasteiger partial charge in [0.2, 0.25) is 0 Å². The average Bonchev–Trinajstić information content (AvgIpc) is 2.83. The van der Waals surface area contributed by atoms with Crippen LogP contribution < -0.4 is 0 Å². The first kappa shape index (κ1) is 10.7. The first-order chi connectivity index (χ1) is 7.66. The minimum atomic E-state index is -1.41. The fourth-order valence-electron chi connectivity index (χ4n) is 1.48. The highest BCUT2D eigenvalue weighted by Gasteiger charge is 2.30. The summed E-state index contributed by atoms with van der Waals surface area (Å²) in [6.07, 6.45) is 5.41. The van der Waals surface area contributed by atoms with E-state index in [1.54, 1.807) is 18.2 Å². The molecule has 16 heavy (non-hydrogen) atoms. The predicted molar refractivity (Wildman–Crippen MR) is 64.3 cm³/mol. The highest BCUT2D eigenvalue weighted by atomic mass is 32.1. The van der Waals surface area contributed by atoms with Crippen LogP contribution in [-0.2, 0) is 5.60 Å². The van der Waals surface area contributed by atoms with Crippen molar-refractivity contribution >= 4 is 11.3 Å². The number of aliphatic hydroxyl groups is 1. The minimum absolute atomic E-state index is 0.148. The predicted octanol–water partition coefficient (Wildman–Crippen LogP) is 2.32. The Bertz CT molecular complexity index is 508. The molecule has 0 saturated carbocycles. The van der Waals surface area contributed by atoms with Crippen molar-refractivity contribution in [1.29, 1.82) is 0 Å². The fraction of sp³-hybridized carbons (Fsp3) is 0.0769. The molecule has 0 radical (unpaired) electrons. The number of phenolic OH excluding ortho intramolecular Hbond substituents is 1. The van der Waals surface area contributed by atoms with Gasteiger partial charge in [-0.1, -0.05) is 24.1 Å². The van der Waals surface area contributed by atoms with Crippen LogP contribution in [0.5, 0.6) is 5.75 Å². The Labute approximate surface area is 97.8 Å². The molecular weight excluding hydrogens is 220 g/mol. The van der Waals surface area contributed by atoms with Crippen LogP contribution in [0.3, 0.4) is 0 Å². The molecule has 2 N–H and O–H groups in total. The minimum Gasteiger partial charge on any atom is -0.508 e. The average molecular weight is 230 g/mol. The second-order valence-electron chi connectivity index (χ2n) is 3.38. The summed E-state index contributed by atoms with van der Waals surface area (Å²) in [5.41, 5.74) is -0.836. The van der Waals surface area contributed by atoms with Crippen LogP contribution in [0.2, 0.25) is 0 Å². The molecule has 0 aliphatic heterocycles. The van der Waals surface area contributed by atoms with E-state index in [9.17, 15) is 10.2 Å². The molecule has 0 fully saturated rings. The van der Waals surface area contributed by atoms with E-state index in [1.807, 2.05) is 11.4 Å². The first-order valence-corrected chi connectivity index (χ1v) is 5.58. The van der Waals surface area contributed by atoms with Gasteiger partial charge in [-0.25, -0.2) is 0 Å². The molecule has 2 nitrogen and oxygen atoms in total. The van der Waals surface area contributed by atoms with Crippen LogP contribution in [0.4, 0.5) is 0 Å². The molecule has 0 aliphatic carbocycles. The van der Waals surface area contributed by atoms with Gasteiger partial charge in [0.25, 0.3) is 0 Å². The number of terminal acetylenes is 1. The summed E-state index contributed by atoms with van der Waals surface area (Å²) in [5, 5.41) is 21.5. The lowest BCUT2D eigenvalue weighted by atomic mass is 9.93. The Hall–Kier alpha value is -1.76. The van der Waals surface area contributed by atoms with Crippen molar-refractivity contribution in [2.75, 3.05) is 0 Å². The largest absolute Gasteiger partial charge is 0.508 e. The summed E-state index contributed by atoms with van der Waals surface area (Å²) in [4.78, 5) is 0.695. The summed E-state index contributed by atoms with van der Waals surface area (Å²) < 4.78 is 0. The lowest BCUT2D eigenvalue weighted by molar-refractivity contribution is 0.149. The zero-order valence-electron chi connectivity index (χ0n) is 8.42. The maximum atomic E-state index is 10.4. The van der Waals surface area contributed by atoms with E-state index >= 15 is 0 Å². The van der Waals surface area contributed by atoms with Crippen molar-refractivity contribution in [1.82, 2.24) is 0 Å². The van der Waals surface area contributed by atoms with Crippen molar-refractivity contribution in [2.45, 2.75) is 5.60 Å². The molecule has 0 bridgehead atoms. The smallest absolute Gasteiger partial charge is 0.185 e. The standard InChI is InChI=1S/C13H10O2S/c1-2-13(15,12-4-3-9-16-12)10-5-7-11(14)8-6-10/h1,3-9,14-15H. The van der Waals surface area contributed by atoms with Crippen molar-refractivity contribution in [2.24, 2.45) is 0 Å². The second-order valence-corrected chi connectivity index (χ2v) is 4.33. The Morgan fingerprint density at radius 2 is 1.88 bits per heavy atom. The molecule has 0 saturated heterocycles. The van der Waals surface area contributed by atoms with Crippen LogP contribution in [0, 0.1) is 12.3 Å². The molecule has 0 aliphatic rings. The van der Waals surface area contributed by atoms with Gasteiger partial charge in [-0.05, 0) is 23.6 Å². The van der Waals surface area contributed by atoms with Crippen LogP contribution in [-0.4, -0.2) is 10.2 Å². The summed E-state index contributed by atoms with van der Waals surface area (Å²) in [5.74, 6) is 2.55. The number of phenols is 1. The van der Waals surface area contributed by atoms with E-state index in [0.29, 0.717) is 10.4 Å². The number of hydrogen-bond acceptors (Lipinski definition) is 3. The molecule has 1 unspecified atom stereocenters. The molecule has 1 atom stereocenters. The summed E-state index contributed by atoms with van der Waals surface area (Å²) in [6.45, 7) is 0. The van der Waals surface area contributed by atoms with E-state index in [0.717, 1.165) is 0 Å². The number of hydrogen-bond donors (Lipinski definition) is 2. The van der Waals surface area contributed by atoms with E-state index in [-0.39, 0.29) is 5.75 Å². The molecule has 3 heteroatoms. The van der Waals surface area contributed by atoms with Crippen molar-refractivity contribution < 1.29 is 10.2 Å². The molecule has 1 aromatic heterocycles. The molecule has 2 rings (SSSR count). The molecule has 2 aromatic rings. The molecule has 0 amide bonds. The normalized spacial score (nSPS) is 14.0. The van der Waals surface area contributed by atoms with Gasteiger partial charge < -0.3 is 10.2 Å². The zero-order valence-corrected chi connectivity index (χ0v) is 9.24. The second kappa shape index (κ2) is 4.01.